The molecule has 1 amide bonds. The lowest BCUT2D eigenvalue weighted by molar-refractivity contribution is -0.241. The first-order valence-electron chi connectivity index (χ1n) is 8.22. The van der Waals surface area contributed by atoms with Crippen molar-refractivity contribution in [2.75, 3.05) is 13.7 Å². The topological polar surface area (TPSA) is 97.5 Å². The fourth-order valence-electron chi connectivity index (χ4n) is 2.52. The molecular weight excluding hydrogens is 375 g/mol. The Morgan fingerprint density at radius 3 is 2.46 bits per heavy atom. The molecule has 6 nitrogen and oxygen atoms in total. The largest absolute Gasteiger partial charge is 0.496 e. The Morgan fingerprint density at radius 2 is 1.93 bits per heavy atom. The van der Waals surface area contributed by atoms with Gasteiger partial charge >= 0.3 is 6.18 Å². The van der Waals surface area contributed by atoms with Gasteiger partial charge in [-0.25, -0.2) is 0 Å². The smallest absolute Gasteiger partial charge is 0.424 e. The van der Waals surface area contributed by atoms with Crippen LogP contribution in [0.4, 0.5) is 13.2 Å². The van der Waals surface area contributed by atoms with Crippen molar-refractivity contribution in [3.05, 3.63) is 60.1 Å². The summed E-state index contributed by atoms with van der Waals surface area (Å²) >= 11 is 0. The Labute approximate surface area is 159 Å². The number of aliphatic hydroxyl groups is 1. The second-order valence-electron chi connectivity index (χ2n) is 5.94. The van der Waals surface area contributed by atoms with E-state index < -0.39 is 29.9 Å². The lowest BCUT2D eigenvalue weighted by Gasteiger charge is -2.31. The summed E-state index contributed by atoms with van der Waals surface area (Å²) in [5.41, 5.74) is 2.70. The summed E-state index contributed by atoms with van der Waals surface area (Å²) in [6.07, 6.45) is -0.927. The van der Waals surface area contributed by atoms with Gasteiger partial charge in [0.15, 0.2) is 0 Å². The zero-order chi connectivity index (χ0) is 20.9. The summed E-state index contributed by atoms with van der Waals surface area (Å²) in [4.78, 5) is 16.3. The normalized spacial score (nSPS) is 14.3. The third kappa shape index (κ3) is 4.25. The first-order valence-corrected chi connectivity index (χ1v) is 8.22. The minimum atomic E-state index is -5.06. The minimum Gasteiger partial charge on any atom is -0.496 e. The molecule has 2 rings (SSSR count). The highest BCUT2D eigenvalue weighted by atomic mass is 19.4. The third-order valence-electron chi connectivity index (χ3n) is 4.22. The molecule has 0 spiro atoms. The highest BCUT2D eigenvalue weighted by Gasteiger charge is 2.55. The summed E-state index contributed by atoms with van der Waals surface area (Å²) < 4.78 is 44.9. The minimum absolute atomic E-state index is 0.0678. The van der Waals surface area contributed by atoms with Crippen LogP contribution in [-0.4, -0.2) is 41.4 Å². The standard InChI is InChI=1S/C19H20F3N3O3/c1-3-16(23)18(27,19(20,21)22)11-25-17(26)13-4-5-14(15(10-13)28-2)12-6-8-24-9-7-12/h3-10,27H,11,23H2,1-2H3,(H,25,26)/b16-3-. The average Bonchev–Trinajstić information content (AvgIpc) is 2.70. The van der Waals surface area contributed by atoms with Gasteiger partial charge in [0, 0.05) is 29.2 Å². The van der Waals surface area contributed by atoms with Crippen molar-refractivity contribution in [2.24, 2.45) is 5.73 Å². The van der Waals surface area contributed by atoms with Crippen LogP contribution in [0.1, 0.15) is 17.3 Å². The van der Waals surface area contributed by atoms with Gasteiger partial charge in [-0.05, 0) is 42.8 Å². The molecule has 0 aliphatic heterocycles. The number of hydrogen-bond acceptors (Lipinski definition) is 5. The molecule has 0 aliphatic rings. The number of halogens is 3. The molecule has 1 aromatic carbocycles. The fourth-order valence-corrected chi connectivity index (χ4v) is 2.52. The van der Waals surface area contributed by atoms with E-state index in [1.807, 2.05) is 0 Å². The van der Waals surface area contributed by atoms with E-state index in [2.05, 4.69) is 10.3 Å². The summed E-state index contributed by atoms with van der Waals surface area (Å²) in [6, 6.07) is 7.96. The Balaban J connectivity index is 2.25. The van der Waals surface area contributed by atoms with Crippen LogP contribution in [0, 0.1) is 0 Å². The number of amides is 1. The van der Waals surface area contributed by atoms with Crippen LogP contribution >= 0.6 is 0 Å². The summed E-state index contributed by atoms with van der Waals surface area (Å²) in [5.74, 6) is -0.455. The molecule has 1 unspecified atom stereocenters. The van der Waals surface area contributed by atoms with E-state index in [-0.39, 0.29) is 5.56 Å². The number of alkyl halides is 3. The van der Waals surface area contributed by atoms with Crippen LogP contribution in [0.25, 0.3) is 11.1 Å². The Bertz CT molecular complexity index is 870. The van der Waals surface area contributed by atoms with Crippen molar-refractivity contribution in [1.29, 1.82) is 0 Å². The number of carbonyl (C=O) groups is 1. The first-order chi connectivity index (χ1) is 13.1. The monoisotopic (exact) mass is 395 g/mol. The SMILES string of the molecule is C/C=C(\N)C(O)(CNC(=O)c1ccc(-c2ccncc2)c(OC)c1)C(F)(F)F. The molecule has 150 valence electrons. The van der Waals surface area contributed by atoms with Crippen LogP contribution in [-0.2, 0) is 0 Å². The van der Waals surface area contributed by atoms with E-state index >= 15 is 0 Å². The molecule has 0 saturated heterocycles. The van der Waals surface area contributed by atoms with E-state index in [1.165, 1.54) is 26.2 Å². The number of methoxy groups -OCH3 is 1. The van der Waals surface area contributed by atoms with E-state index in [1.54, 1.807) is 30.6 Å². The van der Waals surface area contributed by atoms with Crippen LogP contribution in [0.2, 0.25) is 0 Å². The molecule has 0 saturated carbocycles. The maximum absolute atomic E-state index is 13.2. The Morgan fingerprint density at radius 1 is 1.29 bits per heavy atom. The van der Waals surface area contributed by atoms with Gasteiger partial charge in [0.25, 0.3) is 5.91 Å². The van der Waals surface area contributed by atoms with Crippen LogP contribution in [0.15, 0.2) is 54.5 Å². The molecule has 28 heavy (non-hydrogen) atoms. The Hall–Kier alpha value is -3.07. The fraction of sp³-hybridized carbons (Fsp3) is 0.263. The van der Waals surface area contributed by atoms with Crippen molar-refractivity contribution < 1.29 is 27.8 Å². The van der Waals surface area contributed by atoms with Gasteiger partial charge in [-0.2, -0.15) is 13.2 Å². The van der Waals surface area contributed by atoms with Crippen molar-refractivity contribution in [3.63, 3.8) is 0 Å². The maximum Gasteiger partial charge on any atom is 0.424 e. The van der Waals surface area contributed by atoms with E-state index in [0.29, 0.717) is 11.3 Å². The molecule has 0 fully saturated rings. The van der Waals surface area contributed by atoms with Gasteiger partial charge < -0.3 is 20.9 Å². The predicted molar refractivity (Wildman–Crippen MR) is 97.5 cm³/mol. The van der Waals surface area contributed by atoms with Gasteiger partial charge in [-0.15, -0.1) is 0 Å². The summed E-state index contributed by atoms with van der Waals surface area (Å²) in [5, 5.41) is 12.0. The molecule has 2 aromatic rings. The molecule has 0 radical (unpaired) electrons. The lowest BCUT2D eigenvalue weighted by atomic mass is 9.98. The number of pyridine rings is 1. The molecular formula is C19H20F3N3O3. The summed E-state index contributed by atoms with van der Waals surface area (Å²) in [7, 11) is 1.41. The van der Waals surface area contributed by atoms with Gasteiger partial charge in [-0.1, -0.05) is 6.08 Å². The van der Waals surface area contributed by atoms with Crippen LogP contribution < -0.4 is 15.8 Å². The highest BCUT2D eigenvalue weighted by molar-refractivity contribution is 5.95. The molecule has 1 heterocycles. The van der Waals surface area contributed by atoms with Crippen molar-refractivity contribution in [2.45, 2.75) is 18.7 Å². The number of nitrogens with one attached hydrogen (secondary N) is 1. The zero-order valence-electron chi connectivity index (χ0n) is 15.2. The molecule has 0 aliphatic carbocycles. The van der Waals surface area contributed by atoms with Crippen molar-refractivity contribution >= 4 is 5.91 Å². The lowest BCUT2D eigenvalue weighted by Crippen LogP contribution is -2.56. The second-order valence-corrected chi connectivity index (χ2v) is 5.94. The number of benzene rings is 1. The van der Waals surface area contributed by atoms with Gasteiger partial charge in [0.2, 0.25) is 5.60 Å². The van der Waals surface area contributed by atoms with Crippen LogP contribution in [0.3, 0.4) is 0 Å². The number of carbonyl (C=O) groups excluding carboxylic acids is 1. The summed E-state index contributed by atoms with van der Waals surface area (Å²) in [6.45, 7) is 0.135. The zero-order valence-corrected chi connectivity index (χ0v) is 15.2. The number of rotatable bonds is 6. The number of nitrogens with two attached hydrogens (primary N) is 1. The van der Waals surface area contributed by atoms with Crippen molar-refractivity contribution in [1.82, 2.24) is 10.3 Å². The Kier molecular flexibility index (Phi) is 6.30. The van der Waals surface area contributed by atoms with Gasteiger partial charge in [-0.3, -0.25) is 9.78 Å². The average molecular weight is 395 g/mol. The second kappa shape index (κ2) is 8.30. The van der Waals surface area contributed by atoms with Crippen molar-refractivity contribution in [3.8, 4) is 16.9 Å². The van der Waals surface area contributed by atoms with Gasteiger partial charge in [0.1, 0.15) is 5.75 Å². The van der Waals surface area contributed by atoms with E-state index in [9.17, 15) is 23.1 Å². The molecule has 9 heteroatoms. The maximum atomic E-state index is 13.2. The molecule has 0 bridgehead atoms. The number of allylic oxidation sites excluding steroid dienone is 1. The molecule has 1 atom stereocenters. The van der Waals surface area contributed by atoms with E-state index in [4.69, 9.17) is 10.5 Å². The predicted octanol–water partition coefficient (Wildman–Crippen LogP) is 2.64. The highest BCUT2D eigenvalue weighted by Crippen LogP contribution is 2.34. The quantitative estimate of drug-likeness (QED) is 0.699. The molecule has 1 aromatic heterocycles. The number of nitrogens with zero attached hydrogens (tertiary/aromatic N) is 1. The van der Waals surface area contributed by atoms with E-state index in [0.717, 1.165) is 11.6 Å². The van der Waals surface area contributed by atoms with Gasteiger partial charge in [0.05, 0.1) is 13.7 Å². The number of ether oxygens (including phenoxy) is 1. The first kappa shape index (κ1) is 21.2. The third-order valence-corrected chi connectivity index (χ3v) is 4.22. The van der Waals surface area contributed by atoms with Crippen LogP contribution in [0.5, 0.6) is 5.75 Å². The number of aromatic nitrogens is 1. The number of hydrogen-bond donors (Lipinski definition) is 3. The molecule has 4 N–H and O–H groups in total.